The topological polar surface area (TPSA) is 0 Å². The lowest BCUT2D eigenvalue weighted by atomic mass is 9.61. The summed E-state index contributed by atoms with van der Waals surface area (Å²) in [7, 11) is 0. The fourth-order valence-corrected chi connectivity index (χ4v) is 5.37. The lowest BCUT2D eigenvalue weighted by Crippen LogP contribution is -2.35. The van der Waals surface area contributed by atoms with Crippen LogP contribution in [0, 0.1) is 29.1 Å². The second-order valence-electron chi connectivity index (χ2n) is 8.36. The van der Waals surface area contributed by atoms with Crippen molar-refractivity contribution in [1.29, 1.82) is 0 Å². The third-order valence-electron chi connectivity index (χ3n) is 6.45. The first-order chi connectivity index (χ1) is 9.99. The summed E-state index contributed by atoms with van der Waals surface area (Å²) in [5.74, 6) is 3.55. The van der Waals surface area contributed by atoms with Crippen LogP contribution in [0.3, 0.4) is 0 Å². The Hall–Kier alpha value is -0.480. The molecule has 0 nitrogen and oxygen atoms in total. The van der Waals surface area contributed by atoms with Crippen molar-refractivity contribution in [1.82, 2.24) is 0 Å². The largest absolute Gasteiger partial charge is 0.126 e. The van der Waals surface area contributed by atoms with Gasteiger partial charge in [-0.05, 0) is 79.8 Å². The van der Waals surface area contributed by atoms with Crippen molar-refractivity contribution in [2.45, 2.75) is 86.0 Å². The maximum Gasteiger partial charge on any atom is -0.00704 e. The number of fused-ring (bicyclic) bond motifs is 1. The molecular weight excluding hydrogens is 252 g/mol. The quantitative estimate of drug-likeness (QED) is 0.490. The van der Waals surface area contributed by atoms with E-state index in [0.29, 0.717) is 5.41 Å². The summed E-state index contributed by atoms with van der Waals surface area (Å²) in [5.41, 5.74) is 5.80. The van der Waals surface area contributed by atoms with Crippen LogP contribution in [-0.2, 0) is 0 Å². The van der Waals surface area contributed by atoms with E-state index in [1.807, 2.05) is 0 Å². The molecule has 0 heteroatoms. The van der Waals surface area contributed by atoms with Crippen molar-refractivity contribution in [3.05, 3.63) is 17.4 Å². The van der Waals surface area contributed by atoms with E-state index in [1.54, 1.807) is 5.57 Å². The molecule has 0 aromatic heterocycles. The van der Waals surface area contributed by atoms with Gasteiger partial charge in [-0.15, -0.1) is 5.73 Å². The molecule has 2 aliphatic rings. The summed E-state index contributed by atoms with van der Waals surface area (Å²) < 4.78 is 0. The van der Waals surface area contributed by atoms with Gasteiger partial charge < -0.3 is 0 Å². The normalized spacial score (nSPS) is 33.7. The zero-order valence-corrected chi connectivity index (χ0v) is 15.0. The average molecular weight is 289 g/mol. The van der Waals surface area contributed by atoms with E-state index in [4.69, 9.17) is 0 Å². The molecule has 21 heavy (non-hydrogen) atoms. The molecule has 2 fully saturated rings. The molecule has 2 aliphatic carbocycles. The van der Waals surface area contributed by atoms with Crippen LogP contribution >= 0.6 is 0 Å². The van der Waals surface area contributed by atoms with E-state index in [0.717, 1.165) is 23.7 Å². The average Bonchev–Trinajstić information content (AvgIpc) is 2.76. The van der Waals surface area contributed by atoms with Gasteiger partial charge in [-0.25, -0.2) is 0 Å². The zero-order valence-electron chi connectivity index (χ0n) is 15.0. The summed E-state index contributed by atoms with van der Waals surface area (Å²) in [4.78, 5) is 0. The summed E-state index contributed by atoms with van der Waals surface area (Å²) >= 11 is 0. The van der Waals surface area contributed by atoms with Crippen LogP contribution in [0.5, 0.6) is 0 Å². The molecule has 0 N–H and O–H groups in total. The maximum atomic E-state index is 3.59. The predicted molar refractivity (Wildman–Crippen MR) is 93.3 cm³/mol. The van der Waals surface area contributed by atoms with Gasteiger partial charge in [0.15, 0.2) is 0 Å². The Labute approximate surface area is 133 Å². The van der Waals surface area contributed by atoms with Crippen molar-refractivity contribution in [3.63, 3.8) is 0 Å². The second-order valence-corrected chi connectivity index (χ2v) is 8.36. The van der Waals surface area contributed by atoms with E-state index in [9.17, 15) is 0 Å². The molecule has 0 heterocycles. The highest BCUT2D eigenvalue weighted by atomic mass is 14.5. The molecule has 0 bridgehead atoms. The third kappa shape index (κ3) is 3.65. The Morgan fingerprint density at radius 1 is 1.24 bits per heavy atom. The third-order valence-corrected chi connectivity index (χ3v) is 6.45. The van der Waals surface area contributed by atoms with E-state index in [2.05, 4.69) is 46.4 Å². The molecule has 2 rings (SSSR count). The Balaban J connectivity index is 2.04. The zero-order chi connectivity index (χ0) is 15.5. The van der Waals surface area contributed by atoms with Crippen molar-refractivity contribution in [2.75, 3.05) is 0 Å². The molecule has 0 spiro atoms. The molecule has 120 valence electrons. The fraction of sp³-hybridized carbons (Fsp3) is 0.857. The molecular formula is C21H36. The molecule has 2 saturated carbocycles. The maximum absolute atomic E-state index is 3.59. The first-order valence-electron chi connectivity index (χ1n) is 9.39. The Bertz CT molecular complexity index is 396. The van der Waals surface area contributed by atoms with Gasteiger partial charge in [0, 0.05) is 0 Å². The van der Waals surface area contributed by atoms with E-state index < -0.39 is 0 Å². The molecule has 0 saturated heterocycles. The number of hydrogen-bond acceptors (Lipinski definition) is 0. The molecule has 4 atom stereocenters. The minimum Gasteiger partial charge on any atom is -0.126 e. The van der Waals surface area contributed by atoms with Gasteiger partial charge in [-0.2, -0.15) is 0 Å². The summed E-state index contributed by atoms with van der Waals surface area (Å²) in [5, 5.41) is 0. The second kappa shape index (κ2) is 7.19. The van der Waals surface area contributed by atoms with Crippen LogP contribution in [0.1, 0.15) is 86.0 Å². The SMILES string of the molecule is CC=C=C1CCCC2(C)C1CCC2C(C)CCCC(C)C. The van der Waals surface area contributed by atoms with Crippen LogP contribution in [-0.4, -0.2) is 0 Å². The minimum absolute atomic E-state index is 0.570. The molecule has 0 radical (unpaired) electrons. The highest BCUT2D eigenvalue weighted by Crippen LogP contribution is 2.59. The lowest BCUT2D eigenvalue weighted by Gasteiger charge is -2.44. The van der Waals surface area contributed by atoms with Crippen LogP contribution < -0.4 is 0 Å². The molecule has 0 aliphatic heterocycles. The van der Waals surface area contributed by atoms with E-state index in [-0.39, 0.29) is 0 Å². The standard InChI is InChI=1S/C21H36/c1-6-9-18-12-8-15-21(5)19(13-14-20(18)21)17(4)11-7-10-16(2)3/h6,16-17,19-20H,7-8,10-15H2,1-5H3. The smallest absolute Gasteiger partial charge is 0.00704 e. The van der Waals surface area contributed by atoms with Crippen molar-refractivity contribution in [3.8, 4) is 0 Å². The van der Waals surface area contributed by atoms with Crippen LogP contribution in [0.2, 0.25) is 0 Å². The van der Waals surface area contributed by atoms with Gasteiger partial charge >= 0.3 is 0 Å². The van der Waals surface area contributed by atoms with Gasteiger partial charge in [0.05, 0.1) is 0 Å². The van der Waals surface area contributed by atoms with Gasteiger partial charge in [0.25, 0.3) is 0 Å². The Morgan fingerprint density at radius 2 is 2.00 bits per heavy atom. The summed E-state index contributed by atoms with van der Waals surface area (Å²) in [6.45, 7) is 12.0. The summed E-state index contributed by atoms with van der Waals surface area (Å²) in [6.07, 6.45) is 13.4. The van der Waals surface area contributed by atoms with Crippen LogP contribution in [0.25, 0.3) is 0 Å². The van der Waals surface area contributed by atoms with E-state index in [1.165, 1.54) is 51.4 Å². The van der Waals surface area contributed by atoms with Gasteiger partial charge in [0.2, 0.25) is 0 Å². The molecule has 0 aromatic rings. The first-order valence-corrected chi connectivity index (χ1v) is 9.39. The monoisotopic (exact) mass is 288 g/mol. The Kier molecular flexibility index (Phi) is 5.78. The molecule has 4 unspecified atom stereocenters. The number of hydrogen-bond donors (Lipinski definition) is 0. The van der Waals surface area contributed by atoms with Crippen LogP contribution in [0.15, 0.2) is 17.4 Å². The van der Waals surface area contributed by atoms with Gasteiger partial charge in [-0.3, -0.25) is 0 Å². The predicted octanol–water partition coefficient (Wildman–Crippen LogP) is 6.77. The minimum atomic E-state index is 0.570. The highest BCUT2D eigenvalue weighted by Gasteiger charge is 2.50. The molecule has 0 aromatic carbocycles. The fourth-order valence-electron chi connectivity index (χ4n) is 5.37. The van der Waals surface area contributed by atoms with Crippen LogP contribution in [0.4, 0.5) is 0 Å². The van der Waals surface area contributed by atoms with Crippen molar-refractivity contribution < 1.29 is 0 Å². The van der Waals surface area contributed by atoms with Crippen molar-refractivity contribution in [2.24, 2.45) is 29.1 Å². The lowest BCUT2D eigenvalue weighted by molar-refractivity contribution is 0.0930. The van der Waals surface area contributed by atoms with E-state index >= 15 is 0 Å². The number of allylic oxidation sites excluding steroid dienone is 1. The number of rotatable bonds is 5. The first kappa shape index (κ1) is 16.9. The van der Waals surface area contributed by atoms with Crippen molar-refractivity contribution >= 4 is 0 Å². The highest BCUT2D eigenvalue weighted by molar-refractivity contribution is 5.18. The van der Waals surface area contributed by atoms with Gasteiger partial charge in [0.1, 0.15) is 0 Å². The molecule has 0 amide bonds. The summed E-state index contributed by atoms with van der Waals surface area (Å²) in [6, 6.07) is 0. The Morgan fingerprint density at radius 3 is 2.67 bits per heavy atom. The van der Waals surface area contributed by atoms with Gasteiger partial charge in [-0.1, -0.05) is 47.0 Å².